The molecule has 0 aliphatic carbocycles. The van der Waals surface area contributed by atoms with Crippen LogP contribution in [0.5, 0.6) is 0 Å². The molecular formula is C6H6IN3O3. The van der Waals surface area contributed by atoms with Gasteiger partial charge in [0.2, 0.25) is 0 Å². The van der Waals surface area contributed by atoms with E-state index in [0.717, 1.165) is 6.61 Å². The molecule has 0 aromatic carbocycles. The molecule has 7 heteroatoms. The molecular weight excluding hydrogens is 289 g/mol. The summed E-state index contributed by atoms with van der Waals surface area (Å²) in [5.74, 6) is -0.106. The van der Waals surface area contributed by atoms with E-state index in [1.807, 2.05) is 22.6 Å². The molecule has 1 saturated heterocycles. The van der Waals surface area contributed by atoms with Gasteiger partial charge in [-0.15, -0.1) is 0 Å². The number of nitro groups is 1. The van der Waals surface area contributed by atoms with Gasteiger partial charge in [-0.2, -0.15) is 0 Å². The van der Waals surface area contributed by atoms with Crippen LogP contribution < -0.4 is 0 Å². The van der Waals surface area contributed by atoms with Crippen LogP contribution >= 0.6 is 22.6 Å². The number of halogens is 1. The Morgan fingerprint density at radius 3 is 3.08 bits per heavy atom. The van der Waals surface area contributed by atoms with E-state index in [9.17, 15) is 10.1 Å². The van der Waals surface area contributed by atoms with Crippen LogP contribution in [0.15, 0.2) is 6.20 Å². The summed E-state index contributed by atoms with van der Waals surface area (Å²) >= 11 is 1.97. The largest absolute Gasteiger partial charge is 0.382 e. The highest BCUT2D eigenvalue weighted by Gasteiger charge is 2.26. The van der Waals surface area contributed by atoms with Gasteiger partial charge >= 0.3 is 5.82 Å². The minimum Gasteiger partial charge on any atom is -0.371 e. The van der Waals surface area contributed by atoms with Gasteiger partial charge in [0.25, 0.3) is 3.83 Å². The molecule has 2 heterocycles. The highest BCUT2D eigenvalue weighted by atomic mass is 127. The number of rotatable bonds is 3. The molecule has 1 aromatic heterocycles. The second-order valence-electron chi connectivity index (χ2n) is 2.73. The molecule has 1 aromatic rings. The zero-order chi connectivity index (χ0) is 9.42. The van der Waals surface area contributed by atoms with Gasteiger partial charge in [-0.1, -0.05) is 0 Å². The van der Waals surface area contributed by atoms with Gasteiger partial charge < -0.3 is 14.9 Å². The molecule has 1 aliphatic rings. The van der Waals surface area contributed by atoms with E-state index >= 15 is 0 Å². The van der Waals surface area contributed by atoms with E-state index in [-0.39, 0.29) is 11.9 Å². The summed E-state index contributed by atoms with van der Waals surface area (Å²) in [5.41, 5.74) is 0. The Kier molecular flexibility index (Phi) is 2.20. The van der Waals surface area contributed by atoms with E-state index in [4.69, 9.17) is 4.74 Å². The number of hydrogen-bond acceptors (Lipinski definition) is 4. The molecule has 1 unspecified atom stereocenters. The maximum atomic E-state index is 10.4. The Morgan fingerprint density at radius 2 is 2.62 bits per heavy atom. The van der Waals surface area contributed by atoms with Crippen molar-refractivity contribution in [1.29, 1.82) is 0 Å². The van der Waals surface area contributed by atoms with Gasteiger partial charge in [0.05, 0.1) is 19.3 Å². The fourth-order valence-electron chi connectivity index (χ4n) is 0.989. The fraction of sp³-hybridized carbons (Fsp3) is 0.500. The van der Waals surface area contributed by atoms with Crippen molar-refractivity contribution in [3.63, 3.8) is 0 Å². The SMILES string of the molecule is O=[N+]([O-])c1cn(CC2CO2)c(I)n1. The number of ether oxygens (including phenoxy) is 1. The molecule has 0 amide bonds. The van der Waals surface area contributed by atoms with Crippen LogP contribution in [-0.4, -0.2) is 27.2 Å². The van der Waals surface area contributed by atoms with Gasteiger partial charge in [-0.3, -0.25) is 4.57 Å². The summed E-state index contributed by atoms with van der Waals surface area (Å²) in [6.07, 6.45) is 1.64. The second kappa shape index (κ2) is 3.22. The predicted molar refractivity (Wildman–Crippen MR) is 51.3 cm³/mol. The summed E-state index contributed by atoms with van der Waals surface area (Å²) < 4.78 is 7.37. The fourth-order valence-corrected chi connectivity index (χ4v) is 1.57. The van der Waals surface area contributed by atoms with Gasteiger partial charge in [-0.05, 0) is 9.91 Å². The van der Waals surface area contributed by atoms with E-state index in [1.54, 1.807) is 4.57 Å². The van der Waals surface area contributed by atoms with E-state index < -0.39 is 4.92 Å². The van der Waals surface area contributed by atoms with Crippen molar-refractivity contribution in [3.05, 3.63) is 20.1 Å². The standard InChI is InChI=1S/C6H6IN3O3/c7-6-8-5(10(11)12)2-9(6)1-4-3-13-4/h2,4H,1,3H2. The van der Waals surface area contributed by atoms with Gasteiger partial charge in [0, 0.05) is 22.6 Å². The van der Waals surface area contributed by atoms with Crippen LogP contribution in [0.4, 0.5) is 5.82 Å². The van der Waals surface area contributed by atoms with Gasteiger partial charge in [-0.25, -0.2) is 0 Å². The highest BCUT2D eigenvalue weighted by Crippen LogP contribution is 2.17. The van der Waals surface area contributed by atoms with E-state index in [2.05, 4.69) is 4.98 Å². The number of epoxide rings is 1. The van der Waals surface area contributed by atoms with Crippen LogP contribution in [0, 0.1) is 13.9 Å². The topological polar surface area (TPSA) is 73.5 Å². The highest BCUT2D eigenvalue weighted by molar-refractivity contribution is 14.1. The quantitative estimate of drug-likeness (QED) is 0.358. The van der Waals surface area contributed by atoms with Crippen LogP contribution in [0.3, 0.4) is 0 Å². The summed E-state index contributed by atoms with van der Waals surface area (Å²) in [5, 5.41) is 10.4. The number of hydrogen-bond donors (Lipinski definition) is 0. The van der Waals surface area contributed by atoms with Crippen molar-refractivity contribution in [2.24, 2.45) is 0 Å². The minimum absolute atomic E-state index is 0.106. The first-order valence-electron chi connectivity index (χ1n) is 3.65. The Balaban J connectivity index is 2.18. The molecule has 6 nitrogen and oxygen atoms in total. The Labute approximate surface area is 87.2 Å². The predicted octanol–water partition coefficient (Wildman–Crippen LogP) is 0.795. The first-order valence-corrected chi connectivity index (χ1v) is 4.73. The average Bonchev–Trinajstić information content (AvgIpc) is 2.78. The molecule has 2 rings (SSSR count). The van der Waals surface area contributed by atoms with Crippen molar-refractivity contribution >= 4 is 28.4 Å². The Bertz CT molecular complexity index is 347. The molecule has 0 radical (unpaired) electrons. The van der Waals surface area contributed by atoms with Gasteiger partial charge in [0.1, 0.15) is 6.20 Å². The molecule has 0 bridgehead atoms. The Morgan fingerprint density at radius 1 is 1.92 bits per heavy atom. The van der Waals surface area contributed by atoms with Crippen molar-refractivity contribution in [3.8, 4) is 0 Å². The van der Waals surface area contributed by atoms with Crippen molar-refractivity contribution in [2.75, 3.05) is 6.61 Å². The molecule has 1 fully saturated rings. The molecule has 1 atom stereocenters. The third-order valence-electron chi connectivity index (χ3n) is 1.70. The monoisotopic (exact) mass is 295 g/mol. The zero-order valence-electron chi connectivity index (χ0n) is 6.51. The summed E-state index contributed by atoms with van der Waals surface area (Å²) in [4.78, 5) is 13.7. The lowest BCUT2D eigenvalue weighted by Gasteiger charge is -1.94. The first kappa shape index (κ1) is 8.88. The molecule has 13 heavy (non-hydrogen) atoms. The van der Waals surface area contributed by atoms with Crippen LogP contribution in [-0.2, 0) is 11.3 Å². The third-order valence-corrected chi connectivity index (χ3v) is 2.57. The second-order valence-corrected chi connectivity index (χ2v) is 3.70. The smallest absolute Gasteiger partial charge is 0.371 e. The molecule has 0 saturated carbocycles. The summed E-state index contributed by atoms with van der Waals surface area (Å²) in [6.45, 7) is 1.39. The normalized spacial score (nSPS) is 20.2. The summed E-state index contributed by atoms with van der Waals surface area (Å²) in [6, 6.07) is 0. The molecule has 70 valence electrons. The number of nitrogens with zero attached hydrogens (tertiary/aromatic N) is 3. The minimum atomic E-state index is -0.494. The Hall–Kier alpha value is -0.700. The first-order chi connectivity index (χ1) is 6.16. The maximum absolute atomic E-state index is 10.4. The van der Waals surface area contributed by atoms with E-state index in [1.165, 1.54) is 6.20 Å². The van der Waals surface area contributed by atoms with Crippen LogP contribution in [0.25, 0.3) is 0 Å². The lowest BCUT2D eigenvalue weighted by molar-refractivity contribution is -0.389. The van der Waals surface area contributed by atoms with Crippen LogP contribution in [0.1, 0.15) is 0 Å². The van der Waals surface area contributed by atoms with Crippen LogP contribution in [0.2, 0.25) is 0 Å². The lowest BCUT2D eigenvalue weighted by Crippen LogP contribution is -2.04. The van der Waals surface area contributed by atoms with E-state index in [0.29, 0.717) is 10.4 Å². The molecule has 0 spiro atoms. The zero-order valence-corrected chi connectivity index (χ0v) is 8.67. The summed E-state index contributed by atoms with van der Waals surface area (Å²) in [7, 11) is 0. The maximum Gasteiger partial charge on any atom is 0.382 e. The molecule has 0 N–H and O–H groups in total. The third kappa shape index (κ3) is 1.97. The molecule has 1 aliphatic heterocycles. The van der Waals surface area contributed by atoms with Crippen molar-refractivity contribution in [1.82, 2.24) is 9.55 Å². The average molecular weight is 295 g/mol. The van der Waals surface area contributed by atoms with Crippen molar-refractivity contribution < 1.29 is 9.66 Å². The number of aromatic nitrogens is 2. The van der Waals surface area contributed by atoms with Gasteiger partial charge in [0.15, 0.2) is 0 Å². The number of imidazole rings is 1. The van der Waals surface area contributed by atoms with Crippen molar-refractivity contribution in [2.45, 2.75) is 12.6 Å². The lowest BCUT2D eigenvalue weighted by atomic mass is 10.5.